The first-order valence-electron chi connectivity index (χ1n) is 9.67. The molecular weight excluding hydrogens is 342 g/mol. The molecule has 1 saturated heterocycles. The average molecular weight is 371 g/mol. The third-order valence-corrected chi connectivity index (χ3v) is 4.89. The number of carbonyl (C=O) groups is 1. The van der Waals surface area contributed by atoms with E-state index in [1.54, 1.807) is 4.68 Å². The quantitative estimate of drug-likeness (QED) is 0.729. The summed E-state index contributed by atoms with van der Waals surface area (Å²) in [4.78, 5) is 21.6. The van der Waals surface area contributed by atoms with Gasteiger partial charge in [-0.05, 0) is 44.9 Å². The Morgan fingerprint density at radius 1 is 1.22 bits per heavy atom. The lowest BCUT2D eigenvalue weighted by atomic mass is 10.2. The van der Waals surface area contributed by atoms with Gasteiger partial charge in [-0.25, -0.2) is 0 Å². The topological polar surface area (TPSA) is 63.5 Å². The van der Waals surface area contributed by atoms with Crippen LogP contribution in [0.5, 0.6) is 0 Å². The largest absolute Gasteiger partial charge is 0.380 e. The van der Waals surface area contributed by atoms with Crippen LogP contribution in [0.3, 0.4) is 0 Å². The van der Waals surface area contributed by atoms with Crippen molar-refractivity contribution in [1.29, 1.82) is 0 Å². The Balaban J connectivity index is 1.69. The Kier molecular flexibility index (Phi) is 6.45. The Hall–Kier alpha value is -2.41. The summed E-state index contributed by atoms with van der Waals surface area (Å²) >= 11 is 0. The molecule has 0 atom stereocenters. The molecule has 146 valence electrons. The number of pyridine rings is 1. The molecule has 3 heterocycles. The van der Waals surface area contributed by atoms with Crippen LogP contribution < -0.4 is 4.90 Å². The molecule has 2 aromatic heterocycles. The number of hydrogen-bond acceptors (Lipinski definition) is 5. The monoisotopic (exact) mass is 371 g/mol. The van der Waals surface area contributed by atoms with E-state index in [4.69, 9.17) is 4.74 Å². The summed E-state index contributed by atoms with van der Waals surface area (Å²) in [6.45, 7) is 11.0. The smallest absolute Gasteiger partial charge is 0.272 e. The van der Waals surface area contributed by atoms with Crippen molar-refractivity contribution in [2.45, 2.75) is 33.7 Å². The van der Waals surface area contributed by atoms with Crippen LogP contribution in [0, 0.1) is 13.8 Å². The van der Waals surface area contributed by atoms with Gasteiger partial charge in [0, 0.05) is 50.9 Å². The van der Waals surface area contributed by atoms with E-state index < -0.39 is 0 Å². The third kappa shape index (κ3) is 4.66. The number of aryl methyl sites for hydroxylation is 2. The van der Waals surface area contributed by atoms with Gasteiger partial charge in [-0.2, -0.15) is 5.10 Å². The van der Waals surface area contributed by atoms with E-state index in [1.165, 1.54) is 11.3 Å². The first-order valence-corrected chi connectivity index (χ1v) is 9.67. The molecule has 3 rings (SSSR count). The van der Waals surface area contributed by atoms with Crippen LogP contribution in [0.15, 0.2) is 24.5 Å². The molecule has 1 aliphatic rings. The van der Waals surface area contributed by atoms with Gasteiger partial charge >= 0.3 is 0 Å². The zero-order valence-electron chi connectivity index (χ0n) is 16.5. The normalized spacial score (nSPS) is 15.1. The molecule has 0 unspecified atom stereocenters. The lowest BCUT2D eigenvalue weighted by Crippen LogP contribution is -2.36. The number of carbonyl (C=O) groups excluding carboxylic acids is 1. The molecular formula is C20H29N5O2. The molecule has 1 amide bonds. The average Bonchev–Trinajstić information content (AvgIpc) is 2.88. The fraction of sp³-hybridized carbons (Fsp3) is 0.550. The van der Waals surface area contributed by atoms with Crippen LogP contribution >= 0.6 is 0 Å². The van der Waals surface area contributed by atoms with Gasteiger partial charge in [0.25, 0.3) is 5.91 Å². The van der Waals surface area contributed by atoms with Crippen molar-refractivity contribution < 1.29 is 9.53 Å². The highest BCUT2D eigenvalue weighted by Crippen LogP contribution is 2.20. The second kappa shape index (κ2) is 8.99. The number of aromatic nitrogens is 3. The number of amides is 1. The summed E-state index contributed by atoms with van der Waals surface area (Å²) in [6, 6.07) is 3.93. The Bertz CT molecular complexity index is 773. The molecule has 0 N–H and O–H groups in total. The minimum absolute atomic E-state index is 0.0559. The first-order chi connectivity index (χ1) is 13.1. The van der Waals surface area contributed by atoms with Crippen molar-refractivity contribution in [3.8, 4) is 0 Å². The van der Waals surface area contributed by atoms with Crippen LogP contribution in [-0.4, -0.2) is 65.0 Å². The van der Waals surface area contributed by atoms with Crippen LogP contribution in [0.4, 0.5) is 5.69 Å². The molecule has 1 aliphatic heterocycles. The Labute approximate surface area is 160 Å². The van der Waals surface area contributed by atoms with Crippen LogP contribution in [0.2, 0.25) is 0 Å². The van der Waals surface area contributed by atoms with Crippen molar-refractivity contribution in [3.05, 3.63) is 41.5 Å². The van der Waals surface area contributed by atoms with E-state index in [9.17, 15) is 4.79 Å². The predicted molar refractivity (Wildman–Crippen MR) is 105 cm³/mol. The SMILES string of the molecule is CCOCCn1nc(C)cc1C(=O)N1CCCN(c2ccncc2C)CC1. The van der Waals surface area contributed by atoms with Gasteiger partial charge in [0.1, 0.15) is 5.69 Å². The lowest BCUT2D eigenvalue weighted by Gasteiger charge is -2.25. The summed E-state index contributed by atoms with van der Waals surface area (Å²) in [6.07, 6.45) is 4.66. The van der Waals surface area contributed by atoms with Gasteiger partial charge < -0.3 is 14.5 Å². The fourth-order valence-electron chi connectivity index (χ4n) is 3.53. The van der Waals surface area contributed by atoms with E-state index in [2.05, 4.69) is 28.0 Å². The van der Waals surface area contributed by atoms with Crippen molar-refractivity contribution in [2.75, 3.05) is 44.3 Å². The second-order valence-electron chi connectivity index (χ2n) is 6.89. The van der Waals surface area contributed by atoms with E-state index in [-0.39, 0.29) is 5.91 Å². The van der Waals surface area contributed by atoms with Gasteiger partial charge in [0.05, 0.1) is 18.8 Å². The van der Waals surface area contributed by atoms with Crippen molar-refractivity contribution in [3.63, 3.8) is 0 Å². The zero-order chi connectivity index (χ0) is 19.2. The summed E-state index contributed by atoms with van der Waals surface area (Å²) in [5.41, 5.74) is 3.89. The van der Waals surface area contributed by atoms with Crippen LogP contribution in [0.25, 0.3) is 0 Å². The molecule has 1 fully saturated rings. The number of rotatable bonds is 6. The molecule has 2 aromatic rings. The number of hydrogen-bond donors (Lipinski definition) is 0. The molecule has 0 spiro atoms. The van der Waals surface area contributed by atoms with Crippen molar-refractivity contribution in [1.82, 2.24) is 19.7 Å². The number of anilines is 1. The van der Waals surface area contributed by atoms with E-state index in [1.807, 2.05) is 37.2 Å². The third-order valence-electron chi connectivity index (χ3n) is 4.89. The first kappa shape index (κ1) is 19.4. The Morgan fingerprint density at radius 2 is 2.07 bits per heavy atom. The molecule has 0 aliphatic carbocycles. The summed E-state index contributed by atoms with van der Waals surface area (Å²) in [7, 11) is 0. The summed E-state index contributed by atoms with van der Waals surface area (Å²) in [5.74, 6) is 0.0559. The standard InChI is InChI=1S/C20H29N5O2/c1-4-27-13-12-25-19(14-17(3)22-25)20(26)24-9-5-8-23(10-11-24)18-6-7-21-15-16(18)2/h6-7,14-15H,4-5,8-13H2,1-3H3. The highest BCUT2D eigenvalue weighted by atomic mass is 16.5. The maximum absolute atomic E-state index is 13.1. The van der Waals surface area contributed by atoms with Crippen molar-refractivity contribution in [2.24, 2.45) is 0 Å². The zero-order valence-corrected chi connectivity index (χ0v) is 16.5. The van der Waals surface area contributed by atoms with Gasteiger partial charge in [-0.3, -0.25) is 14.5 Å². The summed E-state index contributed by atoms with van der Waals surface area (Å²) < 4.78 is 7.20. The van der Waals surface area contributed by atoms with Gasteiger partial charge in [0.15, 0.2) is 0 Å². The molecule has 27 heavy (non-hydrogen) atoms. The Morgan fingerprint density at radius 3 is 2.85 bits per heavy atom. The van der Waals surface area contributed by atoms with Gasteiger partial charge in [0.2, 0.25) is 0 Å². The highest BCUT2D eigenvalue weighted by Gasteiger charge is 2.24. The fourth-order valence-corrected chi connectivity index (χ4v) is 3.53. The second-order valence-corrected chi connectivity index (χ2v) is 6.89. The molecule has 0 saturated carbocycles. The predicted octanol–water partition coefficient (Wildman–Crippen LogP) is 2.28. The van der Waals surface area contributed by atoms with E-state index in [0.29, 0.717) is 32.0 Å². The molecule has 7 nitrogen and oxygen atoms in total. The minimum Gasteiger partial charge on any atom is -0.380 e. The molecule has 0 bridgehead atoms. The van der Waals surface area contributed by atoms with E-state index in [0.717, 1.165) is 31.7 Å². The van der Waals surface area contributed by atoms with E-state index >= 15 is 0 Å². The number of ether oxygens (including phenoxy) is 1. The van der Waals surface area contributed by atoms with Gasteiger partial charge in [-0.15, -0.1) is 0 Å². The van der Waals surface area contributed by atoms with Crippen LogP contribution in [0.1, 0.15) is 35.1 Å². The molecule has 7 heteroatoms. The van der Waals surface area contributed by atoms with Crippen molar-refractivity contribution >= 4 is 11.6 Å². The van der Waals surface area contributed by atoms with Crippen LogP contribution in [-0.2, 0) is 11.3 Å². The molecule has 0 aromatic carbocycles. The maximum Gasteiger partial charge on any atom is 0.272 e. The number of nitrogens with zero attached hydrogens (tertiary/aromatic N) is 5. The molecule has 0 radical (unpaired) electrons. The highest BCUT2D eigenvalue weighted by molar-refractivity contribution is 5.92. The van der Waals surface area contributed by atoms with Gasteiger partial charge in [-0.1, -0.05) is 0 Å². The lowest BCUT2D eigenvalue weighted by molar-refractivity contribution is 0.0749. The maximum atomic E-state index is 13.1. The summed E-state index contributed by atoms with van der Waals surface area (Å²) in [5, 5.41) is 4.47. The minimum atomic E-state index is 0.0559.